The maximum Gasteiger partial charge on any atom is -0.0165 e. The first-order valence-electron chi connectivity index (χ1n) is 14.2. The second-order valence-electron chi connectivity index (χ2n) is 11.2. The molecule has 0 heterocycles. The van der Waals surface area contributed by atoms with Crippen LogP contribution in [0.3, 0.4) is 0 Å². The van der Waals surface area contributed by atoms with Gasteiger partial charge in [0.2, 0.25) is 0 Å². The fourth-order valence-corrected chi connectivity index (χ4v) is 6.70. The van der Waals surface area contributed by atoms with Gasteiger partial charge in [-0.2, -0.15) is 0 Å². The van der Waals surface area contributed by atoms with Gasteiger partial charge in [0.25, 0.3) is 0 Å². The molecule has 172 valence electrons. The fourth-order valence-electron chi connectivity index (χ4n) is 6.70. The van der Waals surface area contributed by atoms with Gasteiger partial charge in [0.1, 0.15) is 0 Å². The minimum atomic E-state index is 0.852. The maximum atomic E-state index is 2.66. The molecule has 1 unspecified atom stereocenters. The van der Waals surface area contributed by atoms with E-state index in [1.807, 2.05) is 0 Å². The summed E-state index contributed by atoms with van der Waals surface area (Å²) in [4.78, 5) is 0. The molecule has 30 heavy (non-hydrogen) atoms. The van der Waals surface area contributed by atoms with Gasteiger partial charge in [0.05, 0.1) is 0 Å². The van der Waals surface area contributed by atoms with Crippen LogP contribution >= 0.6 is 0 Å². The minimum absolute atomic E-state index is 0.852. The predicted molar refractivity (Wildman–Crippen MR) is 134 cm³/mol. The molecule has 0 saturated heterocycles. The topological polar surface area (TPSA) is 0 Å². The number of allylic oxidation sites excluding steroid dienone is 4. The standard InChI is InChI=1S/C30H52/c1-3-5-7-8-9-10-12-26-15-19-28(20-16-26)30-23-21-29(22-24-30)27-17-13-25(14-18-27)11-6-4-2/h21-23,25-28,30H,3-20,24H2,1-2H3. The average Bonchev–Trinajstić information content (AvgIpc) is 2.81. The SMILES string of the molecule is CCCCCCCCC1CCC(C2C=CC(C3CCC(CCCC)CC3)=CC2)CC1. The Labute approximate surface area is 189 Å². The zero-order chi connectivity index (χ0) is 21.0. The van der Waals surface area contributed by atoms with Crippen LogP contribution in [0.2, 0.25) is 0 Å². The Kier molecular flexibility index (Phi) is 11.1. The van der Waals surface area contributed by atoms with E-state index in [1.54, 1.807) is 5.57 Å². The van der Waals surface area contributed by atoms with E-state index in [0.29, 0.717) is 0 Å². The molecule has 0 heteroatoms. The van der Waals surface area contributed by atoms with Gasteiger partial charge in [-0.25, -0.2) is 0 Å². The zero-order valence-electron chi connectivity index (χ0n) is 20.6. The van der Waals surface area contributed by atoms with Gasteiger partial charge >= 0.3 is 0 Å². The first-order chi connectivity index (χ1) is 14.8. The summed E-state index contributed by atoms with van der Waals surface area (Å²) in [6.07, 6.45) is 35.7. The molecule has 0 N–H and O–H groups in total. The van der Waals surface area contributed by atoms with E-state index in [4.69, 9.17) is 0 Å². The first kappa shape index (κ1) is 24.1. The summed E-state index contributed by atoms with van der Waals surface area (Å²) in [7, 11) is 0. The van der Waals surface area contributed by atoms with Gasteiger partial charge in [0.15, 0.2) is 0 Å². The highest BCUT2D eigenvalue weighted by Gasteiger charge is 2.28. The van der Waals surface area contributed by atoms with Crippen LogP contribution in [0.25, 0.3) is 0 Å². The molecule has 2 saturated carbocycles. The summed E-state index contributed by atoms with van der Waals surface area (Å²) in [6, 6.07) is 0. The molecule has 3 rings (SSSR count). The quantitative estimate of drug-likeness (QED) is 0.280. The molecule has 2 fully saturated rings. The van der Waals surface area contributed by atoms with E-state index in [9.17, 15) is 0 Å². The van der Waals surface area contributed by atoms with Crippen LogP contribution in [0.1, 0.15) is 136 Å². The highest BCUT2D eigenvalue weighted by atomic mass is 14.3. The van der Waals surface area contributed by atoms with Gasteiger partial charge in [-0.1, -0.05) is 109 Å². The maximum absolute atomic E-state index is 2.66. The van der Waals surface area contributed by atoms with E-state index in [1.165, 1.54) is 122 Å². The minimum Gasteiger partial charge on any atom is -0.0806 e. The first-order valence-corrected chi connectivity index (χ1v) is 14.2. The van der Waals surface area contributed by atoms with Crippen LogP contribution in [0.4, 0.5) is 0 Å². The van der Waals surface area contributed by atoms with Crippen LogP contribution in [0.15, 0.2) is 23.8 Å². The van der Waals surface area contributed by atoms with E-state index < -0.39 is 0 Å². The Balaban J connectivity index is 1.29. The van der Waals surface area contributed by atoms with Crippen LogP contribution in [0.5, 0.6) is 0 Å². The van der Waals surface area contributed by atoms with Gasteiger partial charge in [-0.3, -0.25) is 0 Å². The molecule has 0 aromatic carbocycles. The average molecular weight is 413 g/mol. The molecule has 0 radical (unpaired) electrons. The van der Waals surface area contributed by atoms with Crippen LogP contribution in [-0.2, 0) is 0 Å². The summed E-state index contributed by atoms with van der Waals surface area (Å²) >= 11 is 0. The van der Waals surface area contributed by atoms with Crippen molar-refractivity contribution in [1.29, 1.82) is 0 Å². The molecule has 0 spiro atoms. The van der Waals surface area contributed by atoms with Crippen LogP contribution in [-0.4, -0.2) is 0 Å². The smallest absolute Gasteiger partial charge is 0.0165 e. The lowest BCUT2D eigenvalue weighted by Gasteiger charge is -2.35. The van der Waals surface area contributed by atoms with E-state index in [-0.39, 0.29) is 0 Å². The van der Waals surface area contributed by atoms with E-state index in [0.717, 1.165) is 29.6 Å². The highest BCUT2D eigenvalue weighted by molar-refractivity contribution is 5.27. The Morgan fingerprint density at radius 3 is 1.90 bits per heavy atom. The number of hydrogen-bond donors (Lipinski definition) is 0. The van der Waals surface area contributed by atoms with Crippen molar-refractivity contribution in [2.24, 2.45) is 29.6 Å². The van der Waals surface area contributed by atoms with Crippen LogP contribution in [0, 0.1) is 29.6 Å². The fraction of sp³-hybridized carbons (Fsp3) is 0.867. The van der Waals surface area contributed by atoms with Crippen molar-refractivity contribution >= 4 is 0 Å². The van der Waals surface area contributed by atoms with Crippen molar-refractivity contribution in [3.8, 4) is 0 Å². The third kappa shape index (κ3) is 7.87. The lowest BCUT2D eigenvalue weighted by Crippen LogP contribution is -2.22. The zero-order valence-corrected chi connectivity index (χ0v) is 20.6. The molecular weight excluding hydrogens is 360 g/mol. The molecule has 0 aromatic rings. The Morgan fingerprint density at radius 1 is 0.667 bits per heavy atom. The lowest BCUT2D eigenvalue weighted by molar-refractivity contribution is 0.217. The van der Waals surface area contributed by atoms with Crippen molar-refractivity contribution in [3.05, 3.63) is 23.8 Å². The molecule has 0 nitrogen and oxygen atoms in total. The third-order valence-electron chi connectivity index (χ3n) is 8.91. The molecule has 0 bridgehead atoms. The van der Waals surface area contributed by atoms with Crippen molar-refractivity contribution in [2.45, 2.75) is 136 Å². The Morgan fingerprint density at radius 2 is 1.27 bits per heavy atom. The van der Waals surface area contributed by atoms with Crippen molar-refractivity contribution in [1.82, 2.24) is 0 Å². The largest absolute Gasteiger partial charge is 0.0806 e. The number of unbranched alkanes of at least 4 members (excludes halogenated alkanes) is 6. The highest BCUT2D eigenvalue weighted by Crippen LogP contribution is 2.41. The molecule has 3 aliphatic rings. The molecule has 0 aliphatic heterocycles. The van der Waals surface area contributed by atoms with Gasteiger partial charge in [-0.15, -0.1) is 0 Å². The summed E-state index contributed by atoms with van der Waals surface area (Å²) in [6.45, 7) is 4.65. The normalized spacial score (nSPS) is 32.2. The Hall–Kier alpha value is -0.520. The van der Waals surface area contributed by atoms with Gasteiger partial charge < -0.3 is 0 Å². The monoisotopic (exact) mass is 412 g/mol. The third-order valence-corrected chi connectivity index (χ3v) is 8.91. The lowest BCUT2D eigenvalue weighted by atomic mass is 9.71. The van der Waals surface area contributed by atoms with Gasteiger partial charge in [-0.05, 0) is 80.1 Å². The Bertz CT molecular complexity index is 496. The summed E-state index contributed by atoms with van der Waals surface area (Å²) < 4.78 is 0. The van der Waals surface area contributed by atoms with Gasteiger partial charge in [0, 0.05) is 0 Å². The van der Waals surface area contributed by atoms with Crippen LogP contribution < -0.4 is 0 Å². The number of hydrogen-bond acceptors (Lipinski definition) is 0. The molecule has 3 aliphatic carbocycles. The number of rotatable bonds is 12. The summed E-state index contributed by atoms with van der Waals surface area (Å²) in [5.41, 5.74) is 1.71. The molecule has 1 atom stereocenters. The summed E-state index contributed by atoms with van der Waals surface area (Å²) in [5, 5.41) is 0. The molecule has 0 aromatic heterocycles. The predicted octanol–water partition coefficient (Wildman–Crippen LogP) is 10.0. The van der Waals surface area contributed by atoms with E-state index >= 15 is 0 Å². The van der Waals surface area contributed by atoms with Crippen molar-refractivity contribution in [3.63, 3.8) is 0 Å². The molecule has 0 amide bonds. The molecular formula is C30H52. The van der Waals surface area contributed by atoms with Crippen molar-refractivity contribution < 1.29 is 0 Å². The second-order valence-corrected chi connectivity index (χ2v) is 11.2. The summed E-state index contributed by atoms with van der Waals surface area (Å²) in [5.74, 6) is 4.80. The second kappa shape index (κ2) is 13.8. The van der Waals surface area contributed by atoms with E-state index in [2.05, 4.69) is 32.1 Å². The van der Waals surface area contributed by atoms with Crippen molar-refractivity contribution in [2.75, 3.05) is 0 Å².